The first-order chi connectivity index (χ1) is 11.8. The Morgan fingerprint density at radius 2 is 1.76 bits per heavy atom. The molecule has 6 heteroatoms. The van der Waals surface area contributed by atoms with Gasteiger partial charge in [0.15, 0.2) is 5.17 Å². The molecule has 1 saturated heterocycles. The SMILES string of the molecule is Cc1cc(/C=C2/SC(=Nc3ccc(F)cc3)N(C)C2=O)cc(C)c1O. The highest BCUT2D eigenvalue weighted by atomic mass is 32.2. The van der Waals surface area contributed by atoms with E-state index in [1.165, 1.54) is 28.8 Å². The lowest BCUT2D eigenvalue weighted by molar-refractivity contribution is -0.121. The third-order valence-corrected chi connectivity index (χ3v) is 4.93. The second kappa shape index (κ2) is 6.72. The molecule has 1 fully saturated rings. The van der Waals surface area contributed by atoms with E-state index in [1.54, 1.807) is 25.3 Å². The number of thioether (sulfide) groups is 1. The third-order valence-electron chi connectivity index (χ3n) is 3.87. The van der Waals surface area contributed by atoms with Crippen molar-refractivity contribution in [2.75, 3.05) is 7.05 Å². The first kappa shape index (κ1) is 17.2. The molecule has 0 atom stereocenters. The zero-order valence-electron chi connectivity index (χ0n) is 14.1. The number of amides is 1. The average Bonchev–Trinajstić information content (AvgIpc) is 2.83. The Balaban J connectivity index is 1.92. The highest BCUT2D eigenvalue weighted by Crippen LogP contribution is 2.34. The van der Waals surface area contributed by atoms with E-state index in [0.717, 1.165) is 16.7 Å². The summed E-state index contributed by atoms with van der Waals surface area (Å²) in [5.41, 5.74) is 2.95. The van der Waals surface area contributed by atoms with Crippen molar-refractivity contribution in [2.24, 2.45) is 4.99 Å². The number of phenols is 1. The molecule has 1 aliphatic heterocycles. The predicted octanol–water partition coefficient (Wildman–Crippen LogP) is 4.38. The Morgan fingerprint density at radius 3 is 2.36 bits per heavy atom. The molecule has 2 aromatic rings. The zero-order chi connectivity index (χ0) is 18.1. The van der Waals surface area contributed by atoms with Crippen LogP contribution < -0.4 is 0 Å². The van der Waals surface area contributed by atoms with Crippen LogP contribution in [0.1, 0.15) is 16.7 Å². The smallest absolute Gasteiger partial charge is 0.266 e. The largest absolute Gasteiger partial charge is 0.507 e. The van der Waals surface area contributed by atoms with Crippen molar-refractivity contribution in [3.8, 4) is 5.75 Å². The molecule has 1 heterocycles. The van der Waals surface area contributed by atoms with Gasteiger partial charge in [0.1, 0.15) is 11.6 Å². The molecule has 1 N–H and O–H groups in total. The van der Waals surface area contributed by atoms with Gasteiger partial charge in [-0.15, -0.1) is 0 Å². The number of benzene rings is 2. The summed E-state index contributed by atoms with van der Waals surface area (Å²) >= 11 is 1.27. The van der Waals surface area contributed by atoms with Crippen LogP contribution in [0.3, 0.4) is 0 Å². The summed E-state index contributed by atoms with van der Waals surface area (Å²) in [5, 5.41) is 10.4. The molecule has 0 radical (unpaired) electrons. The number of hydrogen-bond acceptors (Lipinski definition) is 4. The van der Waals surface area contributed by atoms with Gasteiger partial charge in [-0.25, -0.2) is 9.38 Å². The number of rotatable bonds is 2. The van der Waals surface area contributed by atoms with E-state index in [1.807, 2.05) is 26.0 Å². The van der Waals surface area contributed by atoms with Crippen LogP contribution in [0.25, 0.3) is 6.08 Å². The number of carbonyl (C=O) groups excluding carboxylic acids is 1. The van der Waals surface area contributed by atoms with Gasteiger partial charge in [0.2, 0.25) is 0 Å². The minimum atomic E-state index is -0.328. The molecule has 0 spiro atoms. The maximum Gasteiger partial charge on any atom is 0.266 e. The van der Waals surface area contributed by atoms with Gasteiger partial charge in [-0.05, 0) is 84.8 Å². The van der Waals surface area contributed by atoms with Crippen LogP contribution in [0.4, 0.5) is 10.1 Å². The highest BCUT2D eigenvalue weighted by Gasteiger charge is 2.30. The third kappa shape index (κ3) is 3.58. The molecule has 3 rings (SSSR count). The number of likely N-dealkylation sites (N-methyl/N-ethyl adjacent to an activating group) is 1. The number of carbonyl (C=O) groups is 1. The summed E-state index contributed by atoms with van der Waals surface area (Å²) in [6, 6.07) is 9.46. The van der Waals surface area contributed by atoms with E-state index in [-0.39, 0.29) is 17.5 Å². The quantitative estimate of drug-likeness (QED) is 0.813. The van der Waals surface area contributed by atoms with Gasteiger partial charge in [0.05, 0.1) is 10.6 Å². The van der Waals surface area contributed by atoms with Crippen molar-refractivity contribution in [3.05, 3.63) is 63.8 Å². The van der Waals surface area contributed by atoms with Crippen molar-refractivity contribution in [3.63, 3.8) is 0 Å². The van der Waals surface area contributed by atoms with Crippen molar-refractivity contribution < 1.29 is 14.3 Å². The monoisotopic (exact) mass is 356 g/mol. The topological polar surface area (TPSA) is 52.9 Å². The molecular formula is C19H17FN2O2S. The van der Waals surface area contributed by atoms with Gasteiger partial charge in [0, 0.05) is 7.05 Å². The van der Waals surface area contributed by atoms with Gasteiger partial charge >= 0.3 is 0 Å². The van der Waals surface area contributed by atoms with E-state index < -0.39 is 0 Å². The van der Waals surface area contributed by atoms with Crippen LogP contribution in [0.2, 0.25) is 0 Å². The van der Waals surface area contributed by atoms with Crippen molar-refractivity contribution in [1.29, 1.82) is 0 Å². The Hall–Kier alpha value is -2.60. The Bertz CT molecular complexity index is 881. The predicted molar refractivity (Wildman–Crippen MR) is 99.4 cm³/mol. The number of phenolic OH excluding ortho intramolecular Hbond substituents is 1. The summed E-state index contributed by atoms with van der Waals surface area (Å²) in [7, 11) is 1.66. The molecular weight excluding hydrogens is 339 g/mol. The molecule has 0 bridgehead atoms. The molecule has 1 aliphatic rings. The number of aryl methyl sites for hydroxylation is 2. The van der Waals surface area contributed by atoms with Gasteiger partial charge in [0.25, 0.3) is 5.91 Å². The minimum Gasteiger partial charge on any atom is -0.507 e. The number of aliphatic imine (C=N–C) groups is 1. The normalized spacial score (nSPS) is 17.8. The summed E-state index contributed by atoms with van der Waals surface area (Å²) < 4.78 is 13.0. The maximum absolute atomic E-state index is 13.0. The number of aromatic hydroxyl groups is 1. The second-order valence-electron chi connectivity index (χ2n) is 5.85. The maximum atomic E-state index is 13.0. The number of amidine groups is 1. The molecule has 128 valence electrons. The first-order valence-corrected chi connectivity index (χ1v) is 8.49. The first-order valence-electron chi connectivity index (χ1n) is 7.67. The zero-order valence-corrected chi connectivity index (χ0v) is 14.9. The summed E-state index contributed by atoms with van der Waals surface area (Å²) in [6.45, 7) is 3.64. The van der Waals surface area contributed by atoms with Gasteiger partial charge < -0.3 is 5.11 Å². The van der Waals surface area contributed by atoms with Crippen LogP contribution in [-0.4, -0.2) is 28.1 Å². The van der Waals surface area contributed by atoms with Crippen LogP contribution in [0, 0.1) is 19.7 Å². The molecule has 1 amide bonds. The van der Waals surface area contributed by atoms with Gasteiger partial charge in [-0.1, -0.05) is 0 Å². The van der Waals surface area contributed by atoms with Crippen LogP contribution in [0.5, 0.6) is 5.75 Å². The van der Waals surface area contributed by atoms with E-state index in [0.29, 0.717) is 15.8 Å². The standard InChI is InChI=1S/C19H17FN2O2S/c1-11-8-13(9-12(2)17(11)23)10-16-18(24)22(3)19(25-16)21-15-6-4-14(20)5-7-15/h4-10,23H,1-3H3/b16-10+,21-19?. The van der Waals surface area contributed by atoms with Crippen LogP contribution in [-0.2, 0) is 4.79 Å². The van der Waals surface area contributed by atoms with Crippen LogP contribution >= 0.6 is 11.8 Å². The Kier molecular flexibility index (Phi) is 4.63. The van der Waals surface area contributed by atoms with Gasteiger partial charge in [-0.2, -0.15) is 0 Å². The molecule has 0 aliphatic carbocycles. The molecule has 25 heavy (non-hydrogen) atoms. The number of halogens is 1. The summed E-state index contributed by atoms with van der Waals surface area (Å²) in [6.07, 6.45) is 1.79. The minimum absolute atomic E-state index is 0.144. The molecule has 2 aromatic carbocycles. The highest BCUT2D eigenvalue weighted by molar-refractivity contribution is 8.18. The van der Waals surface area contributed by atoms with E-state index >= 15 is 0 Å². The average molecular weight is 356 g/mol. The van der Waals surface area contributed by atoms with Crippen LogP contribution in [0.15, 0.2) is 46.3 Å². The lowest BCUT2D eigenvalue weighted by atomic mass is 10.1. The fourth-order valence-electron chi connectivity index (χ4n) is 2.50. The van der Waals surface area contributed by atoms with Crippen molar-refractivity contribution in [2.45, 2.75) is 13.8 Å². The molecule has 0 saturated carbocycles. The number of hydrogen-bond donors (Lipinski definition) is 1. The lowest BCUT2D eigenvalue weighted by Crippen LogP contribution is -2.23. The number of nitrogens with zero attached hydrogens (tertiary/aromatic N) is 2. The van der Waals surface area contributed by atoms with E-state index in [4.69, 9.17) is 0 Å². The fourth-order valence-corrected chi connectivity index (χ4v) is 3.49. The van der Waals surface area contributed by atoms with Crippen molar-refractivity contribution in [1.82, 2.24) is 4.90 Å². The summed E-state index contributed by atoms with van der Waals surface area (Å²) in [4.78, 5) is 18.9. The molecule has 0 unspecified atom stereocenters. The van der Waals surface area contributed by atoms with E-state index in [9.17, 15) is 14.3 Å². The fraction of sp³-hybridized carbons (Fsp3) is 0.158. The van der Waals surface area contributed by atoms with Crippen molar-refractivity contribution >= 4 is 34.6 Å². The summed E-state index contributed by atoms with van der Waals surface area (Å²) in [5.74, 6) is -0.205. The van der Waals surface area contributed by atoms with Gasteiger partial charge in [-0.3, -0.25) is 9.69 Å². The van der Waals surface area contributed by atoms with E-state index in [2.05, 4.69) is 4.99 Å². The molecule has 0 aromatic heterocycles. The lowest BCUT2D eigenvalue weighted by Gasteiger charge is -2.07. The Morgan fingerprint density at radius 1 is 1.16 bits per heavy atom. The Labute approximate surface area is 149 Å². The molecule has 4 nitrogen and oxygen atoms in total. The second-order valence-corrected chi connectivity index (χ2v) is 6.86.